The number of carbonyl (C=O) groups is 1. The monoisotopic (exact) mass is 349 g/mol. The van der Waals surface area contributed by atoms with Crippen LogP contribution in [0.15, 0.2) is 12.4 Å². The van der Waals surface area contributed by atoms with E-state index in [1.54, 1.807) is 13.1 Å². The lowest BCUT2D eigenvalue weighted by atomic mass is 10.1. The molecule has 2 fully saturated rings. The van der Waals surface area contributed by atoms with Crippen LogP contribution < -0.4 is 5.32 Å². The fourth-order valence-electron chi connectivity index (χ4n) is 3.91. The van der Waals surface area contributed by atoms with Gasteiger partial charge in [-0.25, -0.2) is 4.79 Å². The van der Waals surface area contributed by atoms with Crippen molar-refractivity contribution in [3.63, 3.8) is 0 Å². The lowest BCUT2D eigenvalue weighted by Gasteiger charge is -2.26. The van der Waals surface area contributed by atoms with E-state index in [2.05, 4.69) is 15.3 Å². The van der Waals surface area contributed by atoms with Crippen LogP contribution in [0.3, 0.4) is 0 Å². The van der Waals surface area contributed by atoms with Gasteiger partial charge in [-0.05, 0) is 52.1 Å². The van der Waals surface area contributed by atoms with E-state index in [0.717, 1.165) is 38.2 Å². The summed E-state index contributed by atoms with van der Waals surface area (Å²) < 4.78 is 1.90. The van der Waals surface area contributed by atoms with E-state index in [1.807, 2.05) is 15.8 Å². The van der Waals surface area contributed by atoms with Crippen LogP contribution in [0, 0.1) is 0 Å². The van der Waals surface area contributed by atoms with E-state index in [-0.39, 0.29) is 18.2 Å². The molecular formula is C18H31N5O2. The summed E-state index contributed by atoms with van der Waals surface area (Å²) in [6, 6.07) is 0.0490. The van der Waals surface area contributed by atoms with Gasteiger partial charge < -0.3 is 20.2 Å². The van der Waals surface area contributed by atoms with Gasteiger partial charge in [0.25, 0.3) is 0 Å². The van der Waals surface area contributed by atoms with Gasteiger partial charge in [0.1, 0.15) is 0 Å². The number of piperidine rings is 1. The Morgan fingerprint density at radius 3 is 2.84 bits per heavy atom. The summed E-state index contributed by atoms with van der Waals surface area (Å²) in [5, 5.41) is 16.9. The van der Waals surface area contributed by atoms with Crippen molar-refractivity contribution in [2.45, 2.75) is 64.1 Å². The molecule has 0 aliphatic carbocycles. The largest absolute Gasteiger partial charge is 0.393 e. The Labute approximate surface area is 150 Å². The number of hydrogen-bond donors (Lipinski definition) is 2. The first-order chi connectivity index (χ1) is 12.1. The van der Waals surface area contributed by atoms with Gasteiger partial charge in [0.15, 0.2) is 0 Å². The highest BCUT2D eigenvalue weighted by Crippen LogP contribution is 2.22. The number of urea groups is 1. The third-order valence-electron chi connectivity index (χ3n) is 5.23. The number of anilines is 1. The molecule has 25 heavy (non-hydrogen) atoms. The van der Waals surface area contributed by atoms with Gasteiger partial charge in [-0.3, -0.25) is 4.68 Å². The molecule has 7 heteroatoms. The maximum absolute atomic E-state index is 12.5. The minimum atomic E-state index is -0.379. The number of nitrogens with zero attached hydrogens (tertiary/aromatic N) is 4. The normalized spacial score (nSPS) is 23.0. The van der Waals surface area contributed by atoms with Crippen molar-refractivity contribution in [3.8, 4) is 0 Å². The molecule has 0 aromatic carbocycles. The van der Waals surface area contributed by atoms with E-state index in [9.17, 15) is 9.90 Å². The highest BCUT2D eigenvalue weighted by Gasteiger charge is 2.29. The first-order valence-corrected chi connectivity index (χ1v) is 9.62. The Balaban J connectivity index is 1.47. The van der Waals surface area contributed by atoms with Crippen LogP contribution in [0.25, 0.3) is 0 Å². The summed E-state index contributed by atoms with van der Waals surface area (Å²) in [6.45, 7) is 6.77. The molecular weight excluding hydrogens is 318 g/mol. The predicted octanol–water partition coefficient (Wildman–Crippen LogP) is 2.14. The van der Waals surface area contributed by atoms with Crippen molar-refractivity contribution >= 4 is 11.7 Å². The Morgan fingerprint density at radius 1 is 1.28 bits per heavy atom. The molecule has 7 nitrogen and oxygen atoms in total. The second-order valence-electron chi connectivity index (χ2n) is 7.40. The molecule has 1 aromatic rings. The Bertz CT molecular complexity index is 553. The van der Waals surface area contributed by atoms with Gasteiger partial charge in [-0.2, -0.15) is 5.10 Å². The molecule has 2 amide bonds. The van der Waals surface area contributed by atoms with Gasteiger partial charge in [0.05, 0.1) is 24.5 Å². The molecule has 0 radical (unpaired) electrons. The number of aliphatic hydroxyl groups excluding tert-OH is 1. The highest BCUT2D eigenvalue weighted by atomic mass is 16.3. The smallest absolute Gasteiger partial charge is 0.322 e. The van der Waals surface area contributed by atoms with Crippen molar-refractivity contribution in [3.05, 3.63) is 12.4 Å². The maximum atomic E-state index is 12.5. The molecule has 2 atom stereocenters. The predicted molar refractivity (Wildman–Crippen MR) is 97.6 cm³/mol. The fourth-order valence-corrected chi connectivity index (χ4v) is 3.91. The van der Waals surface area contributed by atoms with E-state index in [0.29, 0.717) is 6.42 Å². The summed E-state index contributed by atoms with van der Waals surface area (Å²) in [7, 11) is 0. The Hall–Kier alpha value is -1.60. The van der Waals surface area contributed by atoms with Crippen LogP contribution in [-0.2, 0) is 6.54 Å². The molecule has 3 heterocycles. The Morgan fingerprint density at radius 2 is 2.08 bits per heavy atom. The molecule has 140 valence electrons. The lowest BCUT2D eigenvalue weighted by Crippen LogP contribution is -2.40. The van der Waals surface area contributed by atoms with E-state index in [1.165, 1.54) is 32.4 Å². The minimum absolute atomic E-state index is 0.0845. The van der Waals surface area contributed by atoms with Gasteiger partial charge in [-0.1, -0.05) is 6.42 Å². The van der Waals surface area contributed by atoms with E-state index >= 15 is 0 Å². The number of aliphatic hydroxyl groups is 1. The molecule has 1 aromatic heterocycles. The van der Waals surface area contributed by atoms with Crippen molar-refractivity contribution in [2.24, 2.45) is 0 Å². The summed E-state index contributed by atoms with van der Waals surface area (Å²) in [5.74, 6) is 0. The maximum Gasteiger partial charge on any atom is 0.322 e. The zero-order valence-corrected chi connectivity index (χ0v) is 15.2. The van der Waals surface area contributed by atoms with Crippen LogP contribution in [0.5, 0.6) is 0 Å². The molecule has 2 N–H and O–H groups in total. The van der Waals surface area contributed by atoms with Crippen molar-refractivity contribution in [1.82, 2.24) is 19.6 Å². The third-order valence-corrected chi connectivity index (χ3v) is 5.23. The number of hydrogen-bond acceptors (Lipinski definition) is 4. The summed E-state index contributed by atoms with van der Waals surface area (Å²) in [6.07, 6.45) is 9.79. The second-order valence-corrected chi connectivity index (χ2v) is 7.40. The summed E-state index contributed by atoms with van der Waals surface area (Å²) in [5.41, 5.74) is 0.742. The molecule has 2 unspecified atom stereocenters. The number of aromatic nitrogens is 2. The van der Waals surface area contributed by atoms with Gasteiger partial charge in [-0.15, -0.1) is 0 Å². The first-order valence-electron chi connectivity index (χ1n) is 9.62. The zero-order chi connectivity index (χ0) is 17.6. The SMILES string of the molecule is CC(O)CC1CCCN1C(=O)Nc1cnn(CCN2CCCCC2)c1. The average molecular weight is 349 g/mol. The summed E-state index contributed by atoms with van der Waals surface area (Å²) >= 11 is 0. The second kappa shape index (κ2) is 8.67. The molecule has 3 rings (SSSR count). The van der Waals surface area contributed by atoms with E-state index < -0.39 is 0 Å². The van der Waals surface area contributed by atoms with Gasteiger partial charge in [0, 0.05) is 25.3 Å². The fraction of sp³-hybridized carbons (Fsp3) is 0.778. The minimum Gasteiger partial charge on any atom is -0.393 e. The Kier molecular flexibility index (Phi) is 6.31. The molecule has 2 aliphatic heterocycles. The standard InChI is InChI=1S/C18H31N5O2/c1-15(24)12-17-6-5-9-23(17)18(25)20-16-13-19-22(14-16)11-10-21-7-3-2-4-8-21/h13-15,17,24H,2-12H2,1H3,(H,20,25). The molecule has 0 bridgehead atoms. The van der Waals surface area contributed by atoms with E-state index in [4.69, 9.17) is 0 Å². The molecule has 0 saturated carbocycles. The van der Waals surface area contributed by atoms with Crippen LogP contribution in [-0.4, -0.2) is 69.0 Å². The number of rotatable bonds is 6. The van der Waals surface area contributed by atoms with Crippen molar-refractivity contribution in [1.29, 1.82) is 0 Å². The quantitative estimate of drug-likeness (QED) is 0.825. The number of likely N-dealkylation sites (tertiary alicyclic amines) is 2. The average Bonchev–Trinajstić information content (AvgIpc) is 3.23. The van der Waals surface area contributed by atoms with Crippen molar-refractivity contribution in [2.75, 3.05) is 31.5 Å². The topological polar surface area (TPSA) is 73.6 Å². The number of nitrogens with one attached hydrogen (secondary N) is 1. The first kappa shape index (κ1) is 18.2. The highest BCUT2D eigenvalue weighted by molar-refractivity contribution is 5.89. The molecule has 2 saturated heterocycles. The molecule has 2 aliphatic rings. The van der Waals surface area contributed by atoms with Crippen molar-refractivity contribution < 1.29 is 9.90 Å². The zero-order valence-electron chi connectivity index (χ0n) is 15.2. The third kappa shape index (κ3) is 5.19. The van der Waals surface area contributed by atoms with Gasteiger partial charge in [0.2, 0.25) is 0 Å². The van der Waals surface area contributed by atoms with Crippen LogP contribution in [0.1, 0.15) is 45.4 Å². The number of carbonyl (C=O) groups excluding carboxylic acids is 1. The summed E-state index contributed by atoms with van der Waals surface area (Å²) in [4.78, 5) is 16.8. The van der Waals surface area contributed by atoms with Crippen LogP contribution >= 0.6 is 0 Å². The molecule has 0 spiro atoms. The number of amides is 2. The van der Waals surface area contributed by atoms with Gasteiger partial charge >= 0.3 is 6.03 Å². The van der Waals surface area contributed by atoms with Crippen LogP contribution in [0.2, 0.25) is 0 Å². The van der Waals surface area contributed by atoms with Crippen LogP contribution in [0.4, 0.5) is 10.5 Å². The lowest BCUT2D eigenvalue weighted by molar-refractivity contribution is 0.142.